The lowest BCUT2D eigenvalue weighted by Crippen LogP contribution is -2.33. The van der Waals surface area contributed by atoms with Crippen molar-refractivity contribution < 1.29 is 19.1 Å². The van der Waals surface area contributed by atoms with E-state index in [2.05, 4.69) is 4.98 Å². The van der Waals surface area contributed by atoms with E-state index in [1.165, 1.54) is 28.4 Å². The summed E-state index contributed by atoms with van der Waals surface area (Å²) in [5.41, 5.74) is 1.62. The van der Waals surface area contributed by atoms with Crippen LogP contribution in [0.2, 0.25) is 0 Å². The summed E-state index contributed by atoms with van der Waals surface area (Å²) < 4.78 is 13.2. The fourth-order valence-corrected chi connectivity index (χ4v) is 4.13. The maximum absolute atomic E-state index is 13.2. The topological polar surface area (TPSA) is 70.5 Å². The van der Waals surface area contributed by atoms with Crippen molar-refractivity contribution in [3.63, 3.8) is 0 Å². The number of carbonyl (C=O) groups excluding carboxylic acids is 2. The molecule has 29 heavy (non-hydrogen) atoms. The number of amides is 1. The molecule has 1 amide bonds. The molecular formula is C22H17FN2O3S. The lowest BCUT2D eigenvalue weighted by atomic mass is 9.96. The highest BCUT2D eigenvalue weighted by molar-refractivity contribution is 7.12. The summed E-state index contributed by atoms with van der Waals surface area (Å²) in [5.74, 6) is -1.81. The molecular weight excluding hydrogens is 391 g/mol. The Morgan fingerprint density at radius 2 is 1.86 bits per heavy atom. The summed E-state index contributed by atoms with van der Waals surface area (Å²) in [7, 11) is 0. The molecule has 5 nitrogen and oxygen atoms in total. The molecule has 1 aromatic carbocycles. The van der Waals surface area contributed by atoms with E-state index in [1.54, 1.807) is 54.2 Å². The van der Waals surface area contributed by atoms with E-state index in [0.717, 1.165) is 5.56 Å². The van der Waals surface area contributed by atoms with Crippen molar-refractivity contribution in [3.8, 4) is 0 Å². The molecule has 1 atom stereocenters. The fraction of sp³-hybridized carbons (Fsp3) is 0.136. The Hall–Kier alpha value is -3.32. The van der Waals surface area contributed by atoms with Crippen molar-refractivity contribution in [2.24, 2.45) is 0 Å². The van der Waals surface area contributed by atoms with Gasteiger partial charge in [0.25, 0.3) is 5.91 Å². The van der Waals surface area contributed by atoms with Crippen LogP contribution >= 0.6 is 11.3 Å². The number of aliphatic hydroxyl groups excluding tert-OH is 1. The Bertz CT molecular complexity index is 1060. The van der Waals surface area contributed by atoms with Gasteiger partial charge in [0.1, 0.15) is 5.82 Å². The highest BCUT2D eigenvalue weighted by Gasteiger charge is 2.43. The van der Waals surface area contributed by atoms with E-state index in [0.29, 0.717) is 16.9 Å². The number of thiophene rings is 1. The zero-order valence-electron chi connectivity index (χ0n) is 15.3. The van der Waals surface area contributed by atoms with Crippen molar-refractivity contribution in [1.29, 1.82) is 0 Å². The molecule has 1 unspecified atom stereocenters. The first-order chi connectivity index (χ1) is 14.1. The second kappa shape index (κ2) is 7.97. The summed E-state index contributed by atoms with van der Waals surface area (Å²) in [6, 6.07) is 12.2. The summed E-state index contributed by atoms with van der Waals surface area (Å²) in [6.45, 7) is 0.267. The van der Waals surface area contributed by atoms with Crippen LogP contribution < -0.4 is 0 Å². The van der Waals surface area contributed by atoms with Crippen LogP contribution in [-0.4, -0.2) is 33.2 Å². The molecule has 0 saturated heterocycles. The molecule has 2 aromatic heterocycles. The lowest BCUT2D eigenvalue weighted by Gasteiger charge is -2.26. The SMILES string of the molecule is O=C(C1=C(O)C(=O)N(CCc2ccc(F)cc2)C1c1ccncc1)c1cccs1. The number of pyridine rings is 1. The van der Waals surface area contributed by atoms with Crippen molar-refractivity contribution in [1.82, 2.24) is 9.88 Å². The maximum atomic E-state index is 13.2. The number of nitrogens with zero attached hydrogens (tertiary/aromatic N) is 2. The number of hydrogen-bond acceptors (Lipinski definition) is 5. The Kier molecular flexibility index (Phi) is 5.22. The van der Waals surface area contributed by atoms with Crippen LogP contribution in [0.4, 0.5) is 4.39 Å². The Morgan fingerprint density at radius 1 is 1.14 bits per heavy atom. The van der Waals surface area contributed by atoms with E-state index >= 15 is 0 Å². The highest BCUT2D eigenvalue weighted by Crippen LogP contribution is 2.39. The molecule has 1 aliphatic rings. The third-order valence-corrected chi connectivity index (χ3v) is 5.74. The first-order valence-corrected chi connectivity index (χ1v) is 9.91. The number of aromatic nitrogens is 1. The zero-order valence-corrected chi connectivity index (χ0v) is 16.1. The number of carbonyl (C=O) groups is 2. The van der Waals surface area contributed by atoms with Crippen LogP contribution in [-0.2, 0) is 11.2 Å². The van der Waals surface area contributed by atoms with Gasteiger partial charge in [-0.2, -0.15) is 0 Å². The largest absolute Gasteiger partial charge is 0.503 e. The Morgan fingerprint density at radius 3 is 2.52 bits per heavy atom. The molecule has 0 saturated carbocycles. The first-order valence-electron chi connectivity index (χ1n) is 9.03. The van der Waals surface area contributed by atoms with Gasteiger partial charge in [0.15, 0.2) is 5.76 Å². The average molecular weight is 408 g/mol. The van der Waals surface area contributed by atoms with Gasteiger partial charge >= 0.3 is 0 Å². The quantitative estimate of drug-likeness (QED) is 0.624. The van der Waals surface area contributed by atoms with E-state index in [9.17, 15) is 19.1 Å². The minimum Gasteiger partial charge on any atom is -0.503 e. The van der Waals surface area contributed by atoms with Gasteiger partial charge in [0.05, 0.1) is 16.5 Å². The summed E-state index contributed by atoms with van der Waals surface area (Å²) in [6.07, 6.45) is 3.63. The van der Waals surface area contributed by atoms with Gasteiger partial charge in [-0.05, 0) is 53.3 Å². The number of halogens is 1. The van der Waals surface area contributed by atoms with Gasteiger partial charge in [-0.1, -0.05) is 18.2 Å². The number of ketones is 1. The van der Waals surface area contributed by atoms with Crippen LogP contribution in [0, 0.1) is 5.82 Å². The summed E-state index contributed by atoms with van der Waals surface area (Å²) in [5, 5.41) is 12.3. The Balaban J connectivity index is 1.68. The number of rotatable bonds is 6. The molecule has 0 radical (unpaired) electrons. The van der Waals surface area contributed by atoms with Crippen LogP contribution in [0.15, 0.2) is 77.6 Å². The molecule has 4 rings (SSSR count). The summed E-state index contributed by atoms with van der Waals surface area (Å²) >= 11 is 1.26. The van der Waals surface area contributed by atoms with Gasteiger partial charge in [-0.15, -0.1) is 11.3 Å². The van der Waals surface area contributed by atoms with Crippen molar-refractivity contribution >= 4 is 23.0 Å². The Labute approximate surface area is 170 Å². The van der Waals surface area contributed by atoms with E-state index in [-0.39, 0.29) is 23.7 Å². The van der Waals surface area contributed by atoms with Gasteiger partial charge < -0.3 is 10.0 Å². The molecule has 0 bridgehead atoms. The number of benzene rings is 1. The van der Waals surface area contributed by atoms with E-state index in [4.69, 9.17) is 0 Å². The summed E-state index contributed by atoms with van der Waals surface area (Å²) in [4.78, 5) is 31.8. The van der Waals surface area contributed by atoms with Crippen LogP contribution in [0.3, 0.4) is 0 Å². The van der Waals surface area contributed by atoms with Gasteiger partial charge in [0, 0.05) is 18.9 Å². The van der Waals surface area contributed by atoms with Gasteiger partial charge in [-0.3, -0.25) is 14.6 Å². The molecule has 1 N–H and O–H groups in total. The molecule has 0 fully saturated rings. The number of aliphatic hydroxyl groups is 1. The normalized spacial score (nSPS) is 16.5. The second-order valence-corrected chi connectivity index (χ2v) is 7.57. The number of Topliss-reactive ketones (excluding diaryl/α,β-unsaturated/α-hetero) is 1. The third-order valence-electron chi connectivity index (χ3n) is 4.87. The number of hydrogen-bond donors (Lipinski definition) is 1. The predicted molar refractivity (Wildman–Crippen MR) is 107 cm³/mol. The molecule has 146 valence electrons. The molecule has 7 heteroatoms. The van der Waals surface area contributed by atoms with Crippen LogP contribution in [0.1, 0.15) is 26.8 Å². The van der Waals surface area contributed by atoms with Gasteiger partial charge in [-0.25, -0.2) is 4.39 Å². The van der Waals surface area contributed by atoms with Crippen molar-refractivity contribution in [3.05, 3.63) is 99.5 Å². The van der Waals surface area contributed by atoms with Gasteiger partial charge in [0.2, 0.25) is 5.78 Å². The fourth-order valence-electron chi connectivity index (χ4n) is 3.45. The smallest absolute Gasteiger partial charge is 0.290 e. The zero-order chi connectivity index (χ0) is 20.4. The van der Waals surface area contributed by atoms with Crippen LogP contribution in [0.5, 0.6) is 0 Å². The molecule has 1 aliphatic heterocycles. The molecule has 3 heterocycles. The first kappa shape index (κ1) is 19.0. The minimum absolute atomic E-state index is 0.0720. The third kappa shape index (κ3) is 3.69. The predicted octanol–water partition coefficient (Wildman–Crippen LogP) is 4.10. The molecule has 0 aliphatic carbocycles. The van der Waals surface area contributed by atoms with E-state index in [1.807, 2.05) is 0 Å². The second-order valence-electron chi connectivity index (χ2n) is 6.63. The van der Waals surface area contributed by atoms with Crippen molar-refractivity contribution in [2.45, 2.75) is 12.5 Å². The van der Waals surface area contributed by atoms with Crippen LogP contribution in [0.25, 0.3) is 0 Å². The maximum Gasteiger partial charge on any atom is 0.290 e. The molecule has 0 spiro atoms. The minimum atomic E-state index is -0.708. The van der Waals surface area contributed by atoms with E-state index < -0.39 is 17.7 Å². The highest BCUT2D eigenvalue weighted by atomic mass is 32.1. The van der Waals surface area contributed by atoms with Crippen molar-refractivity contribution in [2.75, 3.05) is 6.54 Å². The standard InChI is InChI=1S/C22H17FN2O3S/c23-16-5-3-14(4-6-16)9-12-25-19(15-7-10-24-11-8-15)18(21(27)22(25)28)20(26)17-2-1-13-29-17/h1-8,10-11,13,19,27H,9,12H2. The average Bonchev–Trinajstić information content (AvgIpc) is 3.36. The molecule has 3 aromatic rings. The monoisotopic (exact) mass is 408 g/mol. The lowest BCUT2D eigenvalue weighted by molar-refractivity contribution is -0.129.